The molecule has 0 radical (unpaired) electrons. The lowest BCUT2D eigenvalue weighted by molar-refractivity contribution is -0.138. The summed E-state index contributed by atoms with van der Waals surface area (Å²) in [4.78, 5) is 2.50. The van der Waals surface area contributed by atoms with Gasteiger partial charge in [-0.2, -0.15) is 13.2 Å². The molecule has 2 aromatic rings. The molecule has 2 aromatic carbocycles. The van der Waals surface area contributed by atoms with E-state index in [1.165, 1.54) is 38.4 Å². The summed E-state index contributed by atoms with van der Waals surface area (Å²) in [5.41, 5.74) is 1.90. The first-order valence-electron chi connectivity index (χ1n) is 12.6. The second-order valence-corrected chi connectivity index (χ2v) is 9.86. The third-order valence-corrected chi connectivity index (χ3v) is 7.56. The van der Waals surface area contributed by atoms with E-state index >= 15 is 0 Å². The molecule has 5 rings (SSSR count). The van der Waals surface area contributed by atoms with Crippen LogP contribution in [0.2, 0.25) is 0 Å². The van der Waals surface area contributed by atoms with E-state index in [2.05, 4.69) is 27.7 Å². The standard InChI is InChI=1S/C27H34F3N3O/c28-27(29,30)20-9-12-24-23(17-20)26-22(25(32-24)19-7-3-1-4-8-19)11-10-21(34-26)18-31-13-16-33-14-5-2-6-15-33/h1,3-4,7-9,12,17,21-22,25-26,31-32H,2,5-6,10-11,13-16,18H2/t21-,22+,25+,26+/m1/s1. The topological polar surface area (TPSA) is 36.5 Å². The van der Waals surface area contributed by atoms with Gasteiger partial charge in [-0.3, -0.25) is 0 Å². The highest BCUT2D eigenvalue weighted by Gasteiger charge is 2.43. The van der Waals surface area contributed by atoms with Gasteiger partial charge in [-0.15, -0.1) is 0 Å². The van der Waals surface area contributed by atoms with Gasteiger partial charge in [0.2, 0.25) is 0 Å². The minimum absolute atomic E-state index is 0.000443. The number of nitrogens with one attached hydrogen (secondary N) is 2. The Morgan fingerprint density at radius 3 is 2.56 bits per heavy atom. The van der Waals surface area contributed by atoms with Crippen LogP contribution in [0.3, 0.4) is 0 Å². The maximum absolute atomic E-state index is 13.5. The van der Waals surface area contributed by atoms with Crippen LogP contribution in [0.1, 0.15) is 60.9 Å². The highest BCUT2D eigenvalue weighted by Crippen LogP contribution is 2.51. The van der Waals surface area contributed by atoms with Crippen molar-refractivity contribution in [2.24, 2.45) is 5.92 Å². The van der Waals surface area contributed by atoms with E-state index in [0.29, 0.717) is 5.56 Å². The molecule has 0 spiro atoms. The van der Waals surface area contributed by atoms with E-state index < -0.39 is 11.7 Å². The van der Waals surface area contributed by atoms with Gasteiger partial charge in [-0.05, 0) is 62.5 Å². The zero-order valence-electron chi connectivity index (χ0n) is 19.5. The number of piperidine rings is 1. The number of hydrogen-bond donors (Lipinski definition) is 2. The molecule has 0 amide bonds. The van der Waals surface area contributed by atoms with E-state index in [4.69, 9.17) is 4.74 Å². The van der Waals surface area contributed by atoms with Gasteiger partial charge in [0.05, 0.1) is 23.8 Å². The fourth-order valence-corrected chi connectivity index (χ4v) is 5.76. The molecule has 0 aliphatic carbocycles. The van der Waals surface area contributed by atoms with E-state index in [-0.39, 0.29) is 24.2 Å². The number of rotatable bonds is 6. The van der Waals surface area contributed by atoms with Crippen molar-refractivity contribution in [3.63, 3.8) is 0 Å². The first kappa shape index (κ1) is 23.6. The van der Waals surface area contributed by atoms with Crippen LogP contribution < -0.4 is 10.6 Å². The van der Waals surface area contributed by atoms with Gasteiger partial charge in [-0.25, -0.2) is 0 Å². The van der Waals surface area contributed by atoms with Gasteiger partial charge in [-0.1, -0.05) is 36.8 Å². The number of anilines is 1. The Hall–Kier alpha value is -2.09. The summed E-state index contributed by atoms with van der Waals surface area (Å²) in [5, 5.41) is 7.06. The average molecular weight is 474 g/mol. The van der Waals surface area contributed by atoms with Crippen LogP contribution >= 0.6 is 0 Å². The molecule has 7 heteroatoms. The van der Waals surface area contributed by atoms with Crippen molar-refractivity contribution in [3.05, 3.63) is 65.2 Å². The van der Waals surface area contributed by atoms with Crippen molar-refractivity contribution in [2.45, 2.75) is 56.5 Å². The largest absolute Gasteiger partial charge is 0.416 e. The van der Waals surface area contributed by atoms with Gasteiger partial charge in [0.1, 0.15) is 0 Å². The number of halogens is 3. The maximum Gasteiger partial charge on any atom is 0.416 e. The monoisotopic (exact) mass is 473 g/mol. The summed E-state index contributed by atoms with van der Waals surface area (Å²) >= 11 is 0. The number of likely N-dealkylation sites (tertiary alicyclic amines) is 1. The number of nitrogens with zero attached hydrogens (tertiary/aromatic N) is 1. The van der Waals surface area contributed by atoms with Gasteiger partial charge >= 0.3 is 6.18 Å². The van der Waals surface area contributed by atoms with Crippen LogP contribution in [-0.2, 0) is 10.9 Å². The summed E-state index contributed by atoms with van der Waals surface area (Å²) in [7, 11) is 0. The number of benzene rings is 2. The summed E-state index contributed by atoms with van der Waals surface area (Å²) in [6, 6.07) is 14.2. The lowest BCUT2D eigenvalue weighted by Crippen LogP contribution is -2.43. The van der Waals surface area contributed by atoms with Crippen LogP contribution in [0.5, 0.6) is 0 Å². The minimum Gasteiger partial charge on any atom is -0.378 e. The Bertz CT molecular complexity index is 946. The second kappa shape index (κ2) is 10.3. The first-order valence-corrected chi connectivity index (χ1v) is 12.6. The molecule has 3 aliphatic heterocycles. The first-order chi connectivity index (χ1) is 16.5. The Morgan fingerprint density at radius 1 is 1.00 bits per heavy atom. The van der Waals surface area contributed by atoms with E-state index in [9.17, 15) is 13.2 Å². The van der Waals surface area contributed by atoms with Crippen LogP contribution in [-0.4, -0.2) is 43.7 Å². The lowest BCUT2D eigenvalue weighted by Gasteiger charge is -2.46. The summed E-state index contributed by atoms with van der Waals surface area (Å²) in [5.74, 6) is 0.0861. The Morgan fingerprint density at radius 2 is 1.79 bits per heavy atom. The molecule has 0 aromatic heterocycles. The van der Waals surface area contributed by atoms with Crippen molar-refractivity contribution < 1.29 is 17.9 Å². The summed E-state index contributed by atoms with van der Waals surface area (Å²) < 4.78 is 47.0. The zero-order chi connectivity index (χ0) is 23.5. The van der Waals surface area contributed by atoms with Crippen LogP contribution in [0.4, 0.5) is 18.9 Å². The Labute approximate surface area is 199 Å². The number of ether oxygens (including phenoxy) is 1. The van der Waals surface area contributed by atoms with Gasteiger partial charge in [0, 0.05) is 36.8 Å². The molecule has 3 aliphatic rings. The fraction of sp³-hybridized carbons (Fsp3) is 0.556. The smallest absolute Gasteiger partial charge is 0.378 e. The van der Waals surface area contributed by atoms with Crippen molar-refractivity contribution in [1.82, 2.24) is 10.2 Å². The predicted molar refractivity (Wildman–Crippen MR) is 128 cm³/mol. The molecule has 0 saturated carbocycles. The van der Waals surface area contributed by atoms with Gasteiger partial charge in [0.15, 0.2) is 0 Å². The normalized spacial score (nSPS) is 27.5. The molecule has 34 heavy (non-hydrogen) atoms. The third kappa shape index (κ3) is 5.26. The molecule has 2 saturated heterocycles. The molecule has 2 N–H and O–H groups in total. The number of hydrogen-bond acceptors (Lipinski definition) is 4. The lowest BCUT2D eigenvalue weighted by atomic mass is 9.76. The Kier molecular flexibility index (Phi) is 7.14. The van der Waals surface area contributed by atoms with Crippen LogP contribution in [0, 0.1) is 5.92 Å². The molecule has 184 valence electrons. The predicted octanol–water partition coefficient (Wildman–Crippen LogP) is 5.78. The minimum atomic E-state index is -4.37. The van der Waals surface area contributed by atoms with E-state index in [0.717, 1.165) is 49.8 Å². The highest BCUT2D eigenvalue weighted by molar-refractivity contribution is 5.58. The quantitative estimate of drug-likeness (QED) is 0.521. The van der Waals surface area contributed by atoms with E-state index in [1.54, 1.807) is 6.07 Å². The third-order valence-electron chi connectivity index (χ3n) is 7.56. The molecule has 0 unspecified atom stereocenters. The van der Waals surface area contributed by atoms with Crippen molar-refractivity contribution >= 4 is 5.69 Å². The summed E-state index contributed by atoms with van der Waals surface area (Å²) in [6.07, 6.45) is 0.979. The molecular weight excluding hydrogens is 439 g/mol. The molecule has 3 heterocycles. The van der Waals surface area contributed by atoms with Gasteiger partial charge in [0.25, 0.3) is 0 Å². The van der Waals surface area contributed by atoms with Crippen molar-refractivity contribution in [3.8, 4) is 0 Å². The fourth-order valence-electron chi connectivity index (χ4n) is 5.76. The Balaban J connectivity index is 1.31. The molecule has 2 fully saturated rings. The SMILES string of the molecule is FC(F)(F)c1ccc2c(c1)[C@H]1O[C@@H](CNCCN3CCCCC3)CC[C@H]1[C@H](c1ccccc1)N2. The van der Waals surface area contributed by atoms with E-state index in [1.807, 2.05) is 18.2 Å². The van der Waals surface area contributed by atoms with Gasteiger partial charge < -0.3 is 20.3 Å². The van der Waals surface area contributed by atoms with Crippen LogP contribution in [0.25, 0.3) is 0 Å². The zero-order valence-corrected chi connectivity index (χ0v) is 19.5. The number of fused-ring (bicyclic) bond motifs is 3. The highest BCUT2D eigenvalue weighted by atomic mass is 19.4. The second-order valence-electron chi connectivity index (χ2n) is 9.86. The van der Waals surface area contributed by atoms with Crippen LogP contribution in [0.15, 0.2) is 48.5 Å². The molecule has 4 atom stereocenters. The molecule has 0 bridgehead atoms. The van der Waals surface area contributed by atoms with Crippen molar-refractivity contribution in [2.75, 3.05) is 38.0 Å². The average Bonchev–Trinajstić information content (AvgIpc) is 2.86. The van der Waals surface area contributed by atoms with Crippen molar-refractivity contribution in [1.29, 1.82) is 0 Å². The maximum atomic E-state index is 13.5. The summed E-state index contributed by atoms with van der Waals surface area (Å²) in [6.45, 7) is 5.04. The molecule has 4 nitrogen and oxygen atoms in total. The number of alkyl halides is 3. The molecular formula is C27H34F3N3O.